The van der Waals surface area contributed by atoms with Gasteiger partial charge in [-0.25, -0.2) is 72.1 Å². The number of anilines is 3. The Morgan fingerprint density at radius 2 is 0.891 bits per heavy atom. The number of fused-ring (bicyclic) bond motifs is 5. The van der Waals surface area contributed by atoms with Crippen molar-refractivity contribution in [1.29, 1.82) is 0 Å². The molecule has 25 nitrogen and oxygen atoms in total. The number of imidazole rings is 2. The number of H-pyrrole nitrogens is 1. The summed E-state index contributed by atoms with van der Waals surface area (Å²) in [6.07, 6.45) is 0.173. The number of para-hydroxylation sites is 3. The Bertz CT molecular complexity index is 6210. The first-order valence-electron chi connectivity index (χ1n) is 42.2. The number of aromatic nitrogens is 16. The molecular formula is C90H95BBr2F11N19O6. The third-order valence-corrected chi connectivity index (χ3v) is 25.0. The highest BCUT2D eigenvalue weighted by Crippen LogP contribution is 2.44. The first-order valence-corrected chi connectivity index (χ1v) is 43.8. The molecule has 1 saturated heterocycles. The molecule has 0 radical (unpaired) electrons. The van der Waals surface area contributed by atoms with E-state index in [-0.39, 0.29) is 41.0 Å². The summed E-state index contributed by atoms with van der Waals surface area (Å²) in [6, 6.07) is 21.3. The number of nitrogens with zero attached hydrogens (tertiary/aromatic N) is 18. The van der Waals surface area contributed by atoms with E-state index in [1.54, 1.807) is 25.7 Å². The molecule has 3 N–H and O–H groups in total. The van der Waals surface area contributed by atoms with E-state index in [1.807, 2.05) is 69.7 Å². The minimum absolute atomic E-state index is 0.00607. The van der Waals surface area contributed by atoms with Crippen LogP contribution in [-0.4, -0.2) is 139 Å². The van der Waals surface area contributed by atoms with Gasteiger partial charge in [-0.3, -0.25) is 0 Å². The first kappa shape index (κ1) is 94.0. The van der Waals surface area contributed by atoms with Gasteiger partial charge in [0.05, 0.1) is 116 Å². The van der Waals surface area contributed by atoms with E-state index in [2.05, 4.69) is 155 Å². The van der Waals surface area contributed by atoms with Gasteiger partial charge in [0, 0.05) is 127 Å². The smallest absolute Gasteiger partial charge is 0.443 e. The second-order valence-corrected chi connectivity index (χ2v) is 34.9. The number of aryl methyl sites for hydroxylation is 6. The number of hydrogen-bond acceptors (Lipinski definition) is 20. The zero-order valence-electron chi connectivity index (χ0n) is 73.1. The lowest BCUT2D eigenvalue weighted by Crippen LogP contribution is -2.44. The van der Waals surface area contributed by atoms with Crippen LogP contribution in [0.2, 0.25) is 0 Å². The van der Waals surface area contributed by atoms with Crippen molar-refractivity contribution >= 4 is 90.6 Å². The van der Waals surface area contributed by atoms with Gasteiger partial charge < -0.3 is 43.9 Å². The van der Waals surface area contributed by atoms with Crippen molar-refractivity contribution < 1.29 is 77.3 Å². The molecule has 129 heavy (non-hydrogen) atoms. The van der Waals surface area contributed by atoms with Crippen LogP contribution < -0.4 is 20.3 Å². The molecule has 5 aromatic carbocycles. The third kappa shape index (κ3) is 19.0. The number of halogens is 13. The quantitative estimate of drug-likeness (QED) is 0.0599. The van der Waals surface area contributed by atoms with Crippen LogP contribution in [0, 0.1) is 11.6 Å². The lowest BCUT2D eigenvalue weighted by molar-refractivity contribution is -0.138. The van der Waals surface area contributed by atoms with Gasteiger partial charge >= 0.3 is 31.7 Å². The second-order valence-electron chi connectivity index (χ2n) is 33.3. The number of benzene rings is 5. The summed E-state index contributed by atoms with van der Waals surface area (Å²) < 4.78 is 173. The van der Waals surface area contributed by atoms with Crippen LogP contribution in [-0.2, 0) is 123 Å². The summed E-state index contributed by atoms with van der Waals surface area (Å²) in [4.78, 5) is 53.1. The van der Waals surface area contributed by atoms with Gasteiger partial charge in [-0.2, -0.15) is 54.8 Å². The van der Waals surface area contributed by atoms with Crippen molar-refractivity contribution in [2.24, 2.45) is 0 Å². The predicted octanol–water partition coefficient (Wildman–Crippen LogP) is 18.6. The molecule has 4 aliphatic rings. The van der Waals surface area contributed by atoms with Gasteiger partial charge in [-0.15, -0.1) is 0 Å². The van der Waals surface area contributed by atoms with Crippen molar-refractivity contribution in [1.82, 2.24) is 78.8 Å². The average Bonchev–Trinajstić information content (AvgIpc) is 1.59. The monoisotopic (exact) mass is 1920 g/mol. The summed E-state index contributed by atoms with van der Waals surface area (Å²) in [7, 11) is -0.667. The normalized spacial score (nSPS) is 15.0. The van der Waals surface area contributed by atoms with Crippen molar-refractivity contribution in [3.63, 3.8) is 0 Å². The zero-order valence-corrected chi connectivity index (χ0v) is 76.2. The highest BCUT2D eigenvalue weighted by Gasteiger charge is 2.55. The number of aliphatic hydroxyl groups excluding tert-OH is 2. The van der Waals surface area contributed by atoms with Gasteiger partial charge in [-0.05, 0) is 164 Å². The number of hydrogen-bond donors (Lipinski definition) is 3. The Hall–Kier alpha value is -11.1. The molecule has 39 heteroatoms. The molecule has 13 aromatic rings. The third-order valence-electron chi connectivity index (χ3n) is 23.6. The average molecular weight is 1920 g/mol. The fourth-order valence-electron chi connectivity index (χ4n) is 16.2. The maximum Gasteiger partial charge on any atom is 0.515 e. The number of alkyl halides is 9. The summed E-state index contributed by atoms with van der Waals surface area (Å²) in [6.45, 7) is 27.5. The highest BCUT2D eigenvalue weighted by atomic mass is 79.9. The Morgan fingerprint density at radius 3 is 1.31 bits per heavy atom. The van der Waals surface area contributed by atoms with Crippen LogP contribution in [0.3, 0.4) is 0 Å². The van der Waals surface area contributed by atoms with Crippen LogP contribution in [0.25, 0.3) is 50.4 Å². The molecule has 0 spiro atoms. The molecule has 0 saturated carbocycles. The molecule has 4 aliphatic heterocycles. The summed E-state index contributed by atoms with van der Waals surface area (Å²) in [5.74, 6) is -0.506. The van der Waals surface area contributed by atoms with E-state index < -0.39 is 90.1 Å². The topological polar surface area (TPSA) is 272 Å². The predicted molar refractivity (Wildman–Crippen MR) is 472 cm³/mol. The minimum atomic E-state index is -4.54. The van der Waals surface area contributed by atoms with Crippen LogP contribution in [0.1, 0.15) is 185 Å². The molecule has 0 bridgehead atoms. The maximum atomic E-state index is 15.4. The van der Waals surface area contributed by atoms with Gasteiger partial charge in [0.1, 0.15) is 33.7 Å². The number of ether oxygens (including phenoxy) is 1. The summed E-state index contributed by atoms with van der Waals surface area (Å²) in [5, 5.41) is 34.2. The van der Waals surface area contributed by atoms with Gasteiger partial charge in [0.15, 0.2) is 0 Å². The molecule has 0 aliphatic carbocycles. The van der Waals surface area contributed by atoms with Gasteiger partial charge in [0.25, 0.3) is 0 Å². The van der Waals surface area contributed by atoms with Crippen molar-refractivity contribution in [3.8, 4) is 28.3 Å². The van der Waals surface area contributed by atoms with E-state index in [9.17, 15) is 58.9 Å². The molecule has 680 valence electrons. The van der Waals surface area contributed by atoms with Crippen LogP contribution in [0.4, 0.5) is 70.9 Å². The lowest BCUT2D eigenvalue weighted by Gasteiger charge is -2.32. The maximum absolute atomic E-state index is 15.4. The lowest BCUT2D eigenvalue weighted by atomic mass is 9.79. The standard InChI is InChI=1S/C29H27F4N7O.C27H33BF3N5O2.C21H21BrF3N5.C13H14BrFN2O3/c1-3-16-6-5-7-17(4-2)26(16)40-27(19-10-22(30)21(14-41)25-24(19)36-15-37-25)20-13-39(9-8-23(20)38-40)28-34-11-18(12-35-28)29(31,32)33;1-7-17-10-9-11-18(8-2)22(17)36-23(28-37-25(3,4)26(5,6)38-28)20-16-35(13-12-21(20)34-36)24-32-14-19(15-33-24)27(29,30)31;1-3-13-6-5-7-14(4-2)18(13)30-19(22)16-12-29(9-8-17(16)28-30)20-26-10-15(11-27-20)21(23,24)25;1-13(2,3)20-12(19)17-6-16-10-8(14)4-9(15)7(5-18)11(10)17/h5-7,10-12,15,41H,3-4,8-9,13-14H2,1-2H3,(H,36,37);9-11,14-15H,7-8,12-13,16H2,1-6H3;5-7,10-11H,3-4,8-9,12H2,1-2H3;4,6,18H,5H2,1-3H3. The van der Waals surface area contributed by atoms with Crippen LogP contribution in [0.15, 0.2) is 126 Å². The van der Waals surface area contributed by atoms with E-state index in [0.29, 0.717) is 84.3 Å². The number of carbonyl (C=O) groups is 1. The molecule has 0 atom stereocenters. The Morgan fingerprint density at radius 1 is 0.512 bits per heavy atom. The molecular weight excluding hydrogens is 1820 g/mol. The molecule has 0 unspecified atom stereocenters. The van der Waals surface area contributed by atoms with E-state index in [4.69, 9.17) is 29.3 Å². The molecule has 12 heterocycles. The largest absolute Gasteiger partial charge is 0.515 e. The summed E-state index contributed by atoms with van der Waals surface area (Å²) in [5.41, 5.74) is 14.5. The SMILES string of the molecule is CC(C)(C)OC(=O)n1cnc2c(Br)cc(F)c(CO)c21.CCc1cccc(CC)c1-n1nc2c(c1-c1cc(F)c(CO)c3nc[nH]c13)CN(c1ncc(C(F)(F)F)cn1)CC2.CCc1cccc(CC)c1-n1nc2c(c1B1OC(C)(C)C(C)(C)O1)CN(c1ncc(C(F)(F)F)cn1)CC2.CCc1cccc(CC)c1-n1nc2c(c1Br)CN(c1ncc(C(F)(F)F)cn1)CC2. The molecule has 0 amide bonds. The van der Waals surface area contributed by atoms with Crippen molar-refractivity contribution in [2.45, 2.75) is 216 Å². The van der Waals surface area contributed by atoms with E-state index in [0.717, 1.165) is 152 Å². The van der Waals surface area contributed by atoms with E-state index >= 15 is 4.39 Å². The van der Waals surface area contributed by atoms with Crippen LogP contribution >= 0.6 is 31.9 Å². The fourth-order valence-corrected chi connectivity index (χ4v) is 17.3. The Balaban J connectivity index is 0.000000143. The van der Waals surface area contributed by atoms with Gasteiger partial charge in [0.2, 0.25) is 17.8 Å². The minimum Gasteiger partial charge on any atom is -0.443 e. The van der Waals surface area contributed by atoms with Gasteiger partial charge in [-0.1, -0.05) is 96.1 Å². The number of carbonyl (C=O) groups excluding carboxylic acids is 1. The fraction of sp³-hybridized carbons (Fsp3) is 0.400. The van der Waals surface area contributed by atoms with Crippen LogP contribution in [0.5, 0.6) is 0 Å². The zero-order chi connectivity index (χ0) is 92.9. The number of aromatic amines is 1. The number of nitrogens with one attached hydrogen (secondary N) is 1. The van der Waals surface area contributed by atoms with Crippen molar-refractivity contribution in [3.05, 3.63) is 232 Å². The first-order chi connectivity index (χ1) is 61.2. The Labute approximate surface area is 753 Å². The molecule has 17 rings (SSSR count). The second kappa shape index (κ2) is 37.4. The molecule has 8 aromatic heterocycles. The van der Waals surface area contributed by atoms with E-state index in [1.165, 1.54) is 47.0 Å². The number of rotatable bonds is 16. The van der Waals surface area contributed by atoms with Crippen molar-refractivity contribution in [2.75, 3.05) is 34.3 Å². The molecule has 1 fully saturated rings. The summed E-state index contributed by atoms with van der Waals surface area (Å²) >= 11 is 6.91. The Kier molecular flexibility index (Phi) is 27.2. The number of aliphatic hydroxyl groups is 2. The highest BCUT2D eigenvalue weighted by molar-refractivity contribution is 9.11.